The molecule has 6 heteroatoms. The molecule has 1 aromatic carbocycles. The van der Waals surface area contributed by atoms with Crippen molar-refractivity contribution in [2.45, 2.75) is 6.92 Å². The van der Waals surface area contributed by atoms with E-state index in [-0.39, 0.29) is 4.99 Å². The Hall–Kier alpha value is -1.72. The normalized spacial score (nSPS) is 10.1. The zero-order valence-corrected chi connectivity index (χ0v) is 11.1. The van der Waals surface area contributed by atoms with Gasteiger partial charge in [-0.1, -0.05) is 29.9 Å². The summed E-state index contributed by atoms with van der Waals surface area (Å²) in [5.74, 6) is 1.00. The molecule has 0 saturated heterocycles. The van der Waals surface area contributed by atoms with E-state index in [9.17, 15) is 0 Å². The molecule has 92 valence electrons. The summed E-state index contributed by atoms with van der Waals surface area (Å²) in [6.07, 6.45) is 2.94. The third-order valence-corrected chi connectivity index (χ3v) is 2.69. The average Bonchev–Trinajstić information content (AvgIpc) is 2.34. The van der Waals surface area contributed by atoms with Crippen LogP contribution in [-0.4, -0.2) is 15.0 Å². The van der Waals surface area contributed by atoms with Crippen molar-refractivity contribution < 1.29 is 4.74 Å². The third kappa shape index (κ3) is 2.94. The monoisotopic (exact) mass is 279 g/mol. The molecule has 0 aliphatic rings. The van der Waals surface area contributed by atoms with Crippen LogP contribution in [0.25, 0.3) is 0 Å². The van der Waals surface area contributed by atoms with Crippen molar-refractivity contribution in [2.24, 2.45) is 5.73 Å². The molecule has 1 heterocycles. The number of aromatic nitrogens is 2. The van der Waals surface area contributed by atoms with E-state index in [1.54, 1.807) is 12.1 Å². The van der Waals surface area contributed by atoms with Gasteiger partial charge in [0.2, 0.25) is 5.88 Å². The molecule has 1 aromatic heterocycles. The van der Waals surface area contributed by atoms with E-state index in [1.165, 1.54) is 12.4 Å². The molecule has 0 spiro atoms. The Labute approximate surface area is 115 Å². The molecule has 0 fully saturated rings. The second-order valence-corrected chi connectivity index (χ2v) is 4.49. The molecule has 2 rings (SSSR count). The maximum absolute atomic E-state index is 5.90. The first-order chi connectivity index (χ1) is 8.56. The zero-order chi connectivity index (χ0) is 13.1. The second-order valence-electron chi connectivity index (χ2n) is 3.62. The van der Waals surface area contributed by atoms with Crippen molar-refractivity contribution in [3.05, 3.63) is 46.9 Å². The van der Waals surface area contributed by atoms with Crippen LogP contribution in [0.2, 0.25) is 5.02 Å². The molecule has 0 aliphatic heterocycles. The van der Waals surface area contributed by atoms with Crippen molar-refractivity contribution in [3.8, 4) is 11.6 Å². The number of aryl methyl sites for hydroxylation is 1. The van der Waals surface area contributed by atoms with Gasteiger partial charge in [0.25, 0.3) is 0 Å². The summed E-state index contributed by atoms with van der Waals surface area (Å²) in [5, 5.41) is 0.600. The van der Waals surface area contributed by atoms with Gasteiger partial charge in [0, 0.05) is 5.02 Å². The predicted molar refractivity (Wildman–Crippen MR) is 74.2 cm³/mol. The number of benzene rings is 1. The van der Waals surface area contributed by atoms with E-state index in [0.717, 1.165) is 5.56 Å². The highest BCUT2D eigenvalue weighted by Gasteiger charge is 2.05. The number of thiocarbonyl (C=S) groups is 1. The van der Waals surface area contributed by atoms with E-state index < -0.39 is 0 Å². The summed E-state index contributed by atoms with van der Waals surface area (Å²) >= 11 is 10.7. The van der Waals surface area contributed by atoms with Crippen LogP contribution in [0, 0.1) is 6.92 Å². The van der Waals surface area contributed by atoms with Crippen LogP contribution in [0.4, 0.5) is 0 Å². The molecular formula is C12H10ClN3OS. The fourth-order valence-electron chi connectivity index (χ4n) is 1.29. The van der Waals surface area contributed by atoms with Crippen molar-refractivity contribution in [1.29, 1.82) is 0 Å². The lowest BCUT2D eigenvalue weighted by Crippen LogP contribution is -2.11. The lowest BCUT2D eigenvalue weighted by molar-refractivity contribution is 0.456. The second kappa shape index (κ2) is 5.29. The van der Waals surface area contributed by atoms with Gasteiger partial charge in [-0.2, -0.15) is 0 Å². The summed E-state index contributed by atoms with van der Waals surface area (Å²) in [6.45, 7) is 1.92. The maximum atomic E-state index is 5.90. The number of ether oxygens (including phenoxy) is 1. The van der Waals surface area contributed by atoms with Crippen molar-refractivity contribution in [2.75, 3.05) is 0 Å². The summed E-state index contributed by atoms with van der Waals surface area (Å²) in [5.41, 5.74) is 6.85. The van der Waals surface area contributed by atoms with Gasteiger partial charge in [0.1, 0.15) is 16.4 Å². The van der Waals surface area contributed by atoms with E-state index in [2.05, 4.69) is 9.97 Å². The van der Waals surface area contributed by atoms with E-state index in [1.807, 2.05) is 13.0 Å². The fraction of sp³-hybridized carbons (Fsp3) is 0.0833. The van der Waals surface area contributed by atoms with E-state index in [4.69, 9.17) is 34.3 Å². The number of nitrogens with two attached hydrogens (primary N) is 1. The molecule has 0 unspecified atom stereocenters. The van der Waals surface area contributed by atoms with Gasteiger partial charge in [-0.3, -0.25) is 0 Å². The molecule has 2 N–H and O–H groups in total. The van der Waals surface area contributed by atoms with Crippen LogP contribution in [-0.2, 0) is 0 Å². The van der Waals surface area contributed by atoms with Gasteiger partial charge in [-0.25, -0.2) is 9.97 Å². The van der Waals surface area contributed by atoms with Crippen LogP contribution in [0.15, 0.2) is 30.6 Å². The lowest BCUT2D eigenvalue weighted by atomic mass is 10.2. The van der Waals surface area contributed by atoms with Crippen LogP contribution in [0.5, 0.6) is 11.6 Å². The molecule has 0 amide bonds. The number of hydrogen-bond acceptors (Lipinski definition) is 4. The van der Waals surface area contributed by atoms with Gasteiger partial charge in [-0.05, 0) is 24.6 Å². The first-order valence-electron chi connectivity index (χ1n) is 5.12. The minimum Gasteiger partial charge on any atom is -0.437 e. The quantitative estimate of drug-likeness (QED) is 0.876. The maximum Gasteiger partial charge on any atom is 0.237 e. The fourth-order valence-corrected chi connectivity index (χ4v) is 1.56. The van der Waals surface area contributed by atoms with Gasteiger partial charge < -0.3 is 10.5 Å². The van der Waals surface area contributed by atoms with Gasteiger partial charge >= 0.3 is 0 Å². The summed E-state index contributed by atoms with van der Waals surface area (Å²) in [4.78, 5) is 8.31. The van der Waals surface area contributed by atoms with Crippen LogP contribution >= 0.6 is 23.8 Å². The highest BCUT2D eigenvalue weighted by Crippen LogP contribution is 2.26. The number of halogens is 1. The molecule has 0 radical (unpaired) electrons. The van der Waals surface area contributed by atoms with Crippen LogP contribution in [0.1, 0.15) is 11.3 Å². The number of nitrogens with zero attached hydrogens (tertiary/aromatic N) is 2. The molecular weight excluding hydrogens is 270 g/mol. The smallest absolute Gasteiger partial charge is 0.237 e. The standard InChI is InChI=1S/C12H10ClN3OS/c1-7-2-3-8(13)4-10(7)17-11-6-15-9(5-16-11)12(14)18/h2-6H,1H3,(H2,14,18). The summed E-state index contributed by atoms with van der Waals surface area (Å²) < 4.78 is 5.58. The third-order valence-electron chi connectivity index (χ3n) is 2.25. The lowest BCUT2D eigenvalue weighted by Gasteiger charge is -2.08. The SMILES string of the molecule is Cc1ccc(Cl)cc1Oc1cnc(C(N)=S)cn1. The van der Waals surface area contributed by atoms with Gasteiger partial charge in [0.15, 0.2) is 0 Å². The molecule has 0 aliphatic carbocycles. The zero-order valence-electron chi connectivity index (χ0n) is 9.55. The Bertz CT molecular complexity index is 586. The van der Waals surface area contributed by atoms with Crippen molar-refractivity contribution >= 4 is 28.8 Å². The molecule has 2 aromatic rings. The highest BCUT2D eigenvalue weighted by atomic mass is 35.5. The Balaban J connectivity index is 2.23. The minimum absolute atomic E-state index is 0.202. The van der Waals surface area contributed by atoms with Gasteiger partial charge in [0.05, 0.1) is 12.4 Å². The van der Waals surface area contributed by atoms with Crippen LogP contribution < -0.4 is 10.5 Å². The molecule has 18 heavy (non-hydrogen) atoms. The topological polar surface area (TPSA) is 61.0 Å². The average molecular weight is 280 g/mol. The largest absolute Gasteiger partial charge is 0.437 e. The summed E-state index contributed by atoms with van der Waals surface area (Å²) in [6, 6.07) is 5.39. The summed E-state index contributed by atoms with van der Waals surface area (Å²) in [7, 11) is 0. The molecule has 0 atom stereocenters. The Morgan fingerprint density at radius 1 is 1.33 bits per heavy atom. The number of hydrogen-bond donors (Lipinski definition) is 1. The molecule has 0 saturated carbocycles. The first kappa shape index (κ1) is 12.7. The first-order valence-corrected chi connectivity index (χ1v) is 5.91. The van der Waals surface area contributed by atoms with Crippen molar-refractivity contribution in [1.82, 2.24) is 9.97 Å². The Morgan fingerprint density at radius 3 is 2.72 bits per heavy atom. The highest BCUT2D eigenvalue weighted by molar-refractivity contribution is 7.80. The molecule has 0 bridgehead atoms. The Kier molecular flexibility index (Phi) is 3.74. The predicted octanol–water partition coefficient (Wildman–Crippen LogP) is 2.86. The molecule has 4 nitrogen and oxygen atoms in total. The van der Waals surface area contributed by atoms with E-state index in [0.29, 0.717) is 22.3 Å². The van der Waals surface area contributed by atoms with Crippen LogP contribution in [0.3, 0.4) is 0 Å². The minimum atomic E-state index is 0.202. The van der Waals surface area contributed by atoms with Gasteiger partial charge in [-0.15, -0.1) is 0 Å². The van der Waals surface area contributed by atoms with E-state index >= 15 is 0 Å². The van der Waals surface area contributed by atoms with Crippen molar-refractivity contribution in [3.63, 3.8) is 0 Å². The Morgan fingerprint density at radius 2 is 2.11 bits per heavy atom. The number of rotatable bonds is 3.